The summed E-state index contributed by atoms with van der Waals surface area (Å²) in [5.41, 5.74) is 0.806. The Balaban J connectivity index is 1.88. The van der Waals surface area contributed by atoms with E-state index in [0.29, 0.717) is 22.6 Å². The van der Waals surface area contributed by atoms with E-state index in [1.807, 2.05) is 0 Å². The maximum absolute atomic E-state index is 12.8. The van der Waals surface area contributed by atoms with Gasteiger partial charge >= 0.3 is 11.9 Å². The topological polar surface area (TPSA) is 109 Å². The minimum atomic E-state index is -0.636. The molecule has 1 amide bonds. The van der Waals surface area contributed by atoms with Gasteiger partial charge in [-0.2, -0.15) is 0 Å². The lowest BCUT2D eigenvalue weighted by atomic mass is 10.1. The van der Waals surface area contributed by atoms with Crippen molar-refractivity contribution in [2.24, 2.45) is 0 Å². The molecule has 2 heterocycles. The fourth-order valence-corrected chi connectivity index (χ4v) is 3.83. The van der Waals surface area contributed by atoms with Crippen molar-refractivity contribution in [3.8, 4) is 11.5 Å². The van der Waals surface area contributed by atoms with Gasteiger partial charge in [-0.1, -0.05) is 0 Å². The fourth-order valence-electron chi connectivity index (χ4n) is 2.74. The molecule has 3 rings (SSSR count). The van der Waals surface area contributed by atoms with E-state index in [0.717, 1.165) is 11.3 Å². The number of fused-ring (bicyclic) bond motifs is 1. The third-order valence-corrected chi connectivity index (χ3v) is 5.38. The first-order valence-electron chi connectivity index (χ1n) is 9.13. The van der Waals surface area contributed by atoms with Gasteiger partial charge < -0.3 is 29.0 Å². The number of carbonyl (C=O) groups excluding carboxylic acids is 3. The molecule has 1 aliphatic heterocycles. The summed E-state index contributed by atoms with van der Waals surface area (Å²) in [6.07, 6.45) is 0. The zero-order valence-electron chi connectivity index (χ0n) is 16.7. The number of methoxy groups -OCH3 is 1. The highest BCUT2D eigenvalue weighted by Crippen LogP contribution is 2.36. The predicted molar refractivity (Wildman–Crippen MR) is 108 cm³/mol. The predicted octanol–water partition coefficient (Wildman–Crippen LogP) is 3.02. The molecule has 1 aromatic heterocycles. The Labute approximate surface area is 176 Å². The summed E-state index contributed by atoms with van der Waals surface area (Å²) in [4.78, 5) is 37.9. The summed E-state index contributed by atoms with van der Waals surface area (Å²) in [7, 11) is 1.49. The lowest BCUT2D eigenvalue weighted by molar-refractivity contribution is 0.0392. The van der Waals surface area contributed by atoms with Crippen molar-refractivity contribution in [3.05, 3.63) is 39.8 Å². The molecular formula is C20H21NO8S. The first-order valence-corrected chi connectivity index (χ1v) is 9.95. The number of thiophene rings is 1. The lowest BCUT2D eigenvalue weighted by Crippen LogP contribution is -2.15. The van der Waals surface area contributed by atoms with E-state index in [-0.39, 0.29) is 42.1 Å². The average Bonchev–Trinajstić information content (AvgIpc) is 3.31. The van der Waals surface area contributed by atoms with Crippen LogP contribution in [0.25, 0.3) is 0 Å². The fraction of sp³-hybridized carbons (Fsp3) is 0.350. The van der Waals surface area contributed by atoms with Crippen molar-refractivity contribution in [2.45, 2.75) is 13.8 Å². The van der Waals surface area contributed by atoms with Gasteiger partial charge in [0.25, 0.3) is 5.91 Å². The highest BCUT2D eigenvalue weighted by molar-refractivity contribution is 7.18. The number of amides is 1. The molecule has 2 aromatic rings. The van der Waals surface area contributed by atoms with Crippen LogP contribution in [0.15, 0.2) is 18.2 Å². The second kappa shape index (κ2) is 9.59. The maximum Gasteiger partial charge on any atom is 0.348 e. The molecule has 30 heavy (non-hydrogen) atoms. The Morgan fingerprint density at radius 3 is 2.60 bits per heavy atom. The highest BCUT2D eigenvalue weighted by Gasteiger charge is 2.28. The molecule has 160 valence electrons. The van der Waals surface area contributed by atoms with Gasteiger partial charge in [0.1, 0.15) is 16.5 Å². The molecule has 0 bridgehead atoms. The first kappa shape index (κ1) is 21.6. The normalized spacial score (nSPS) is 11.8. The zero-order valence-corrected chi connectivity index (χ0v) is 17.6. The highest BCUT2D eigenvalue weighted by atomic mass is 32.1. The summed E-state index contributed by atoms with van der Waals surface area (Å²) in [6, 6.07) is 4.75. The van der Waals surface area contributed by atoms with Crippen molar-refractivity contribution in [1.29, 1.82) is 0 Å². The van der Waals surface area contributed by atoms with Crippen LogP contribution >= 0.6 is 11.3 Å². The Hall–Kier alpha value is -3.11. The molecule has 0 saturated heterocycles. The number of ether oxygens (including phenoxy) is 5. The second-order valence-corrected chi connectivity index (χ2v) is 7.15. The molecule has 0 atom stereocenters. The van der Waals surface area contributed by atoms with Crippen LogP contribution in [0.4, 0.5) is 5.00 Å². The van der Waals surface area contributed by atoms with Crippen LogP contribution in [-0.2, 0) is 14.2 Å². The number of benzene rings is 1. The standard InChI is InChI=1S/C20H21NO8S/c1-4-26-19(23)15-11(2)16(20(24)27-8-7-25-3)30-18(15)21-17(22)12-5-6-13-14(9-12)29-10-28-13/h5-6,9H,4,7-8,10H2,1-3H3,(H,21,22). The molecule has 0 saturated carbocycles. The van der Waals surface area contributed by atoms with E-state index < -0.39 is 17.8 Å². The van der Waals surface area contributed by atoms with Crippen LogP contribution < -0.4 is 14.8 Å². The Morgan fingerprint density at radius 2 is 1.87 bits per heavy atom. The molecule has 1 aromatic carbocycles. The quantitative estimate of drug-likeness (QED) is 0.498. The lowest BCUT2D eigenvalue weighted by Gasteiger charge is -2.07. The summed E-state index contributed by atoms with van der Waals surface area (Å²) >= 11 is 0.951. The first-order chi connectivity index (χ1) is 14.5. The van der Waals surface area contributed by atoms with Crippen LogP contribution in [0.1, 0.15) is 42.9 Å². The second-order valence-electron chi connectivity index (χ2n) is 6.13. The smallest absolute Gasteiger partial charge is 0.348 e. The Bertz CT molecular complexity index is 968. The molecular weight excluding hydrogens is 414 g/mol. The van der Waals surface area contributed by atoms with Crippen LogP contribution in [0.5, 0.6) is 11.5 Å². The largest absolute Gasteiger partial charge is 0.462 e. The number of nitrogens with one attached hydrogen (secondary N) is 1. The number of hydrogen-bond acceptors (Lipinski definition) is 9. The molecule has 0 fully saturated rings. The van der Waals surface area contributed by atoms with E-state index in [2.05, 4.69) is 5.32 Å². The number of anilines is 1. The van der Waals surface area contributed by atoms with Crippen molar-refractivity contribution in [1.82, 2.24) is 0 Å². The summed E-state index contributed by atoms with van der Waals surface area (Å²) < 4.78 is 25.6. The van der Waals surface area contributed by atoms with Gasteiger partial charge in [0.2, 0.25) is 6.79 Å². The van der Waals surface area contributed by atoms with Gasteiger partial charge in [-0.25, -0.2) is 9.59 Å². The van der Waals surface area contributed by atoms with Crippen molar-refractivity contribution >= 4 is 34.2 Å². The number of rotatable bonds is 8. The molecule has 0 radical (unpaired) electrons. The van der Waals surface area contributed by atoms with E-state index in [4.69, 9.17) is 23.7 Å². The van der Waals surface area contributed by atoms with Gasteiger partial charge in [-0.15, -0.1) is 11.3 Å². The van der Waals surface area contributed by atoms with E-state index in [9.17, 15) is 14.4 Å². The van der Waals surface area contributed by atoms with Crippen molar-refractivity contribution in [3.63, 3.8) is 0 Å². The molecule has 1 N–H and O–H groups in total. The molecule has 1 aliphatic rings. The van der Waals surface area contributed by atoms with E-state index in [1.165, 1.54) is 7.11 Å². The molecule has 0 unspecified atom stereocenters. The molecule has 0 spiro atoms. The van der Waals surface area contributed by atoms with Gasteiger partial charge in [0.15, 0.2) is 11.5 Å². The Morgan fingerprint density at radius 1 is 1.10 bits per heavy atom. The van der Waals surface area contributed by atoms with Gasteiger partial charge in [0.05, 0.1) is 18.8 Å². The third kappa shape index (κ3) is 4.55. The molecule has 10 heteroatoms. The average molecular weight is 435 g/mol. The Kier molecular flexibility index (Phi) is 6.91. The summed E-state index contributed by atoms with van der Waals surface area (Å²) in [5.74, 6) is -0.712. The van der Waals surface area contributed by atoms with E-state index in [1.54, 1.807) is 32.0 Å². The van der Waals surface area contributed by atoms with Gasteiger partial charge in [-0.3, -0.25) is 4.79 Å². The third-order valence-electron chi connectivity index (χ3n) is 4.19. The van der Waals surface area contributed by atoms with Gasteiger partial charge in [-0.05, 0) is 37.6 Å². The van der Waals surface area contributed by atoms with Crippen LogP contribution in [0, 0.1) is 6.92 Å². The summed E-state index contributed by atoms with van der Waals surface area (Å²) in [5, 5.41) is 2.89. The summed E-state index contributed by atoms with van der Waals surface area (Å²) in [6.45, 7) is 3.83. The zero-order chi connectivity index (χ0) is 21.7. The van der Waals surface area contributed by atoms with Crippen molar-refractivity contribution < 1.29 is 38.1 Å². The van der Waals surface area contributed by atoms with Crippen LogP contribution in [-0.4, -0.2) is 51.6 Å². The maximum atomic E-state index is 12.8. The number of carbonyl (C=O) groups is 3. The van der Waals surface area contributed by atoms with Gasteiger partial charge in [0, 0.05) is 12.7 Å². The monoisotopic (exact) mass is 435 g/mol. The molecule has 9 nitrogen and oxygen atoms in total. The number of esters is 2. The van der Waals surface area contributed by atoms with Crippen LogP contribution in [0.2, 0.25) is 0 Å². The minimum absolute atomic E-state index is 0.0697. The SMILES string of the molecule is CCOC(=O)c1c(NC(=O)c2ccc3c(c2)OCO3)sc(C(=O)OCCOC)c1C. The minimum Gasteiger partial charge on any atom is -0.462 e. The molecule has 0 aliphatic carbocycles. The van der Waals surface area contributed by atoms with E-state index >= 15 is 0 Å². The van der Waals surface area contributed by atoms with Crippen molar-refractivity contribution in [2.75, 3.05) is 39.0 Å². The van der Waals surface area contributed by atoms with Crippen LogP contribution in [0.3, 0.4) is 0 Å². The number of hydrogen-bond donors (Lipinski definition) is 1.